The first-order valence-corrected chi connectivity index (χ1v) is 7.54. The molecule has 0 saturated heterocycles. The number of thiazole rings is 1. The molecule has 1 amide bonds. The Kier molecular flexibility index (Phi) is 4.54. The molecule has 6 heteroatoms. The van der Waals surface area contributed by atoms with Gasteiger partial charge in [-0.05, 0) is 19.3 Å². The summed E-state index contributed by atoms with van der Waals surface area (Å²) in [6, 6.07) is 0. The van der Waals surface area contributed by atoms with E-state index in [9.17, 15) is 4.79 Å². The monoisotopic (exact) mass is 292 g/mol. The minimum Gasteiger partial charge on any atom is -0.333 e. The third-order valence-electron chi connectivity index (χ3n) is 3.02. The van der Waals surface area contributed by atoms with Gasteiger partial charge in [-0.15, -0.1) is 0 Å². The SMILES string of the molecule is Cc1nc(NC(=O)CCC(C)C)sc1-c1nccn1C. The second kappa shape index (κ2) is 6.17. The van der Waals surface area contributed by atoms with Gasteiger partial charge in [0.05, 0.1) is 10.6 Å². The van der Waals surface area contributed by atoms with Gasteiger partial charge in [0.25, 0.3) is 0 Å². The molecule has 20 heavy (non-hydrogen) atoms. The fourth-order valence-corrected chi connectivity index (χ4v) is 2.87. The van der Waals surface area contributed by atoms with Gasteiger partial charge in [-0.1, -0.05) is 25.2 Å². The standard InChI is InChI=1S/C14H20N4OS/c1-9(2)5-6-11(19)17-14-16-10(3)12(20-14)13-15-7-8-18(13)4/h7-9H,5-6H2,1-4H3,(H,16,17,19). The zero-order valence-corrected chi connectivity index (χ0v) is 13.1. The third kappa shape index (κ3) is 3.45. The summed E-state index contributed by atoms with van der Waals surface area (Å²) in [6.07, 6.45) is 5.08. The highest BCUT2D eigenvalue weighted by molar-refractivity contribution is 7.19. The van der Waals surface area contributed by atoms with Crippen LogP contribution in [0.25, 0.3) is 10.7 Å². The van der Waals surface area contributed by atoms with Crippen LogP contribution in [0, 0.1) is 12.8 Å². The van der Waals surface area contributed by atoms with E-state index in [1.165, 1.54) is 11.3 Å². The minimum absolute atomic E-state index is 0.0267. The van der Waals surface area contributed by atoms with Gasteiger partial charge in [0, 0.05) is 25.9 Å². The minimum atomic E-state index is 0.0267. The van der Waals surface area contributed by atoms with E-state index in [1.807, 2.05) is 24.7 Å². The Bertz CT molecular complexity index is 600. The van der Waals surface area contributed by atoms with Crippen molar-refractivity contribution < 1.29 is 4.79 Å². The van der Waals surface area contributed by atoms with Crippen LogP contribution >= 0.6 is 11.3 Å². The van der Waals surface area contributed by atoms with Gasteiger partial charge in [0.2, 0.25) is 5.91 Å². The van der Waals surface area contributed by atoms with E-state index in [2.05, 4.69) is 29.1 Å². The van der Waals surface area contributed by atoms with Gasteiger partial charge in [-0.25, -0.2) is 9.97 Å². The van der Waals surface area contributed by atoms with Gasteiger partial charge in [0.15, 0.2) is 11.0 Å². The molecule has 0 unspecified atom stereocenters. The summed E-state index contributed by atoms with van der Waals surface area (Å²) < 4.78 is 1.95. The molecule has 0 bridgehead atoms. The zero-order chi connectivity index (χ0) is 14.7. The van der Waals surface area contributed by atoms with E-state index in [1.54, 1.807) is 6.20 Å². The molecule has 0 aliphatic carbocycles. The lowest BCUT2D eigenvalue weighted by atomic mass is 10.1. The summed E-state index contributed by atoms with van der Waals surface area (Å²) in [5.41, 5.74) is 0.892. The first-order chi connectivity index (χ1) is 9.47. The summed E-state index contributed by atoms with van der Waals surface area (Å²) in [6.45, 7) is 6.16. The Balaban J connectivity index is 2.08. The van der Waals surface area contributed by atoms with Crippen molar-refractivity contribution in [2.75, 3.05) is 5.32 Å². The number of hydrogen-bond donors (Lipinski definition) is 1. The highest BCUT2D eigenvalue weighted by Gasteiger charge is 2.14. The number of anilines is 1. The van der Waals surface area contributed by atoms with E-state index in [4.69, 9.17) is 0 Å². The molecule has 2 aromatic rings. The fourth-order valence-electron chi connectivity index (χ4n) is 1.84. The molecule has 0 atom stereocenters. The topological polar surface area (TPSA) is 59.8 Å². The Morgan fingerprint density at radius 2 is 2.25 bits per heavy atom. The number of imidazole rings is 1. The van der Waals surface area contributed by atoms with E-state index in [0.29, 0.717) is 17.5 Å². The number of nitrogens with zero attached hydrogens (tertiary/aromatic N) is 3. The summed E-state index contributed by atoms with van der Waals surface area (Å²) in [4.78, 5) is 21.6. The molecule has 0 aromatic carbocycles. The number of hydrogen-bond acceptors (Lipinski definition) is 4. The Hall–Kier alpha value is -1.69. The molecule has 0 aliphatic rings. The van der Waals surface area contributed by atoms with Crippen molar-refractivity contribution in [3.63, 3.8) is 0 Å². The lowest BCUT2D eigenvalue weighted by Crippen LogP contribution is -2.11. The maximum absolute atomic E-state index is 11.8. The first kappa shape index (κ1) is 14.7. The van der Waals surface area contributed by atoms with Gasteiger partial charge in [-0.3, -0.25) is 4.79 Å². The predicted molar refractivity (Wildman–Crippen MR) is 81.8 cm³/mol. The van der Waals surface area contributed by atoms with Gasteiger partial charge in [-0.2, -0.15) is 0 Å². The lowest BCUT2D eigenvalue weighted by molar-refractivity contribution is -0.116. The largest absolute Gasteiger partial charge is 0.333 e. The summed E-state index contributed by atoms with van der Waals surface area (Å²) >= 11 is 1.47. The van der Waals surface area contributed by atoms with Crippen LogP contribution in [-0.2, 0) is 11.8 Å². The van der Waals surface area contributed by atoms with Crippen molar-refractivity contribution in [2.45, 2.75) is 33.6 Å². The molecule has 0 saturated carbocycles. The lowest BCUT2D eigenvalue weighted by Gasteiger charge is -2.03. The molecule has 2 heterocycles. The predicted octanol–water partition coefficient (Wildman–Crippen LogP) is 3.23. The van der Waals surface area contributed by atoms with E-state index in [-0.39, 0.29) is 5.91 Å². The summed E-state index contributed by atoms with van der Waals surface area (Å²) in [5.74, 6) is 1.43. The first-order valence-electron chi connectivity index (χ1n) is 6.72. The number of nitrogens with one attached hydrogen (secondary N) is 1. The number of amides is 1. The quantitative estimate of drug-likeness (QED) is 0.920. The Morgan fingerprint density at radius 3 is 2.85 bits per heavy atom. The fraction of sp³-hybridized carbons (Fsp3) is 0.500. The molecule has 2 aromatic heterocycles. The van der Waals surface area contributed by atoms with Crippen molar-refractivity contribution in [1.82, 2.24) is 14.5 Å². The Morgan fingerprint density at radius 1 is 1.50 bits per heavy atom. The second-order valence-electron chi connectivity index (χ2n) is 5.28. The van der Waals surface area contributed by atoms with Crippen molar-refractivity contribution in [2.24, 2.45) is 13.0 Å². The van der Waals surface area contributed by atoms with Gasteiger partial charge < -0.3 is 9.88 Å². The van der Waals surface area contributed by atoms with Crippen molar-refractivity contribution in [3.05, 3.63) is 18.1 Å². The van der Waals surface area contributed by atoms with Crippen LogP contribution in [0.5, 0.6) is 0 Å². The molecule has 2 rings (SSSR count). The number of carbonyl (C=O) groups is 1. The average Bonchev–Trinajstić information content (AvgIpc) is 2.93. The number of rotatable bonds is 5. The second-order valence-corrected chi connectivity index (χ2v) is 6.28. The molecule has 0 radical (unpaired) electrons. The highest BCUT2D eigenvalue weighted by atomic mass is 32.1. The molecule has 5 nitrogen and oxygen atoms in total. The zero-order valence-electron chi connectivity index (χ0n) is 12.3. The molecule has 0 spiro atoms. The maximum atomic E-state index is 11.8. The van der Waals surface area contributed by atoms with Crippen LogP contribution in [0.2, 0.25) is 0 Å². The molecule has 108 valence electrons. The Labute approximate surface area is 123 Å². The number of aryl methyl sites for hydroxylation is 2. The van der Waals surface area contributed by atoms with E-state index < -0.39 is 0 Å². The molecular formula is C14H20N4OS. The molecule has 0 fully saturated rings. The average molecular weight is 292 g/mol. The third-order valence-corrected chi connectivity index (χ3v) is 4.08. The molecule has 1 N–H and O–H groups in total. The summed E-state index contributed by atoms with van der Waals surface area (Å²) in [7, 11) is 1.95. The van der Waals surface area contributed by atoms with Gasteiger partial charge in [0.1, 0.15) is 0 Å². The number of carbonyl (C=O) groups excluding carboxylic acids is 1. The van der Waals surface area contributed by atoms with Crippen molar-refractivity contribution >= 4 is 22.4 Å². The van der Waals surface area contributed by atoms with Crippen LogP contribution < -0.4 is 5.32 Å². The smallest absolute Gasteiger partial charge is 0.226 e. The maximum Gasteiger partial charge on any atom is 0.226 e. The summed E-state index contributed by atoms with van der Waals surface area (Å²) in [5, 5.41) is 3.52. The van der Waals surface area contributed by atoms with Gasteiger partial charge >= 0.3 is 0 Å². The van der Waals surface area contributed by atoms with Crippen LogP contribution in [-0.4, -0.2) is 20.4 Å². The van der Waals surface area contributed by atoms with Crippen LogP contribution in [0.1, 0.15) is 32.4 Å². The van der Waals surface area contributed by atoms with Crippen LogP contribution in [0.3, 0.4) is 0 Å². The molecule has 0 aliphatic heterocycles. The van der Waals surface area contributed by atoms with E-state index in [0.717, 1.165) is 22.8 Å². The van der Waals surface area contributed by atoms with Crippen LogP contribution in [0.15, 0.2) is 12.4 Å². The van der Waals surface area contributed by atoms with Crippen LogP contribution in [0.4, 0.5) is 5.13 Å². The normalized spacial score (nSPS) is 11.1. The van der Waals surface area contributed by atoms with Crippen molar-refractivity contribution in [3.8, 4) is 10.7 Å². The number of aromatic nitrogens is 3. The van der Waals surface area contributed by atoms with E-state index >= 15 is 0 Å². The highest BCUT2D eigenvalue weighted by Crippen LogP contribution is 2.31. The molecular weight excluding hydrogens is 272 g/mol. The van der Waals surface area contributed by atoms with Crippen molar-refractivity contribution in [1.29, 1.82) is 0 Å².